The van der Waals surface area contributed by atoms with Gasteiger partial charge in [-0.05, 0) is 52.7 Å². The quantitative estimate of drug-likeness (QED) is 0.663. The largest absolute Gasteiger partial charge is 0.495 e. The van der Waals surface area contributed by atoms with Crippen LogP contribution >= 0.6 is 15.9 Å². The lowest BCUT2D eigenvalue weighted by Crippen LogP contribution is -2.29. The number of halogens is 1. The first kappa shape index (κ1) is 21.2. The van der Waals surface area contributed by atoms with Crippen molar-refractivity contribution in [3.8, 4) is 11.5 Å². The molecule has 2 rings (SSSR count). The van der Waals surface area contributed by atoms with E-state index in [0.717, 1.165) is 11.8 Å². The van der Waals surface area contributed by atoms with Gasteiger partial charge in [0.05, 0.1) is 25.2 Å². The predicted octanol–water partition coefficient (Wildman–Crippen LogP) is 3.70. The lowest BCUT2D eigenvalue weighted by molar-refractivity contribution is 0.0741. The van der Waals surface area contributed by atoms with Crippen LogP contribution in [-0.2, 0) is 9.84 Å². The molecular formula is C19H22BrNO5S. The van der Waals surface area contributed by atoms with Gasteiger partial charge in [0.25, 0.3) is 5.91 Å². The molecule has 0 aliphatic carbocycles. The molecule has 0 bridgehead atoms. The third-order valence-electron chi connectivity index (χ3n) is 4.38. The van der Waals surface area contributed by atoms with Crippen LogP contribution in [0.2, 0.25) is 0 Å². The maximum atomic E-state index is 12.9. The zero-order valence-corrected chi connectivity index (χ0v) is 18.2. The topological polar surface area (TPSA) is 72.9 Å². The molecule has 0 fully saturated rings. The van der Waals surface area contributed by atoms with E-state index >= 15 is 0 Å². The lowest BCUT2D eigenvalue weighted by atomic mass is 10.1. The second-order valence-electron chi connectivity index (χ2n) is 6.13. The number of hydrogen-bond acceptors (Lipinski definition) is 5. The molecule has 0 spiro atoms. The number of methoxy groups -OCH3 is 2. The molecule has 1 amide bonds. The first-order valence-electron chi connectivity index (χ1n) is 8.08. The molecule has 0 radical (unpaired) electrons. The van der Waals surface area contributed by atoms with Gasteiger partial charge in [0, 0.05) is 18.9 Å². The van der Waals surface area contributed by atoms with Crippen LogP contribution in [0.15, 0.2) is 45.8 Å². The number of amides is 1. The van der Waals surface area contributed by atoms with Gasteiger partial charge in [-0.3, -0.25) is 4.79 Å². The molecule has 0 aromatic heterocycles. The van der Waals surface area contributed by atoms with Crippen LogP contribution in [0.4, 0.5) is 0 Å². The second kappa shape index (κ2) is 8.31. The van der Waals surface area contributed by atoms with Crippen molar-refractivity contribution in [3.05, 3.63) is 52.0 Å². The van der Waals surface area contributed by atoms with E-state index in [4.69, 9.17) is 9.47 Å². The predicted molar refractivity (Wildman–Crippen MR) is 107 cm³/mol. The highest BCUT2D eigenvalue weighted by Crippen LogP contribution is 2.36. The number of hydrogen-bond donors (Lipinski definition) is 0. The summed E-state index contributed by atoms with van der Waals surface area (Å²) >= 11 is 3.39. The van der Waals surface area contributed by atoms with Crippen LogP contribution in [0, 0.1) is 0 Å². The van der Waals surface area contributed by atoms with E-state index < -0.39 is 9.84 Å². The Labute approximate surface area is 168 Å². The van der Waals surface area contributed by atoms with Crippen molar-refractivity contribution in [2.45, 2.75) is 17.9 Å². The Kier molecular flexibility index (Phi) is 6.54. The summed E-state index contributed by atoms with van der Waals surface area (Å²) in [6.07, 6.45) is 1.16. The average Bonchev–Trinajstić information content (AvgIpc) is 2.65. The number of carbonyl (C=O) groups is 1. The molecule has 2 aromatic carbocycles. The second-order valence-corrected chi connectivity index (χ2v) is 8.94. The normalized spacial score (nSPS) is 12.4. The molecule has 6 nitrogen and oxygen atoms in total. The van der Waals surface area contributed by atoms with Gasteiger partial charge < -0.3 is 14.4 Å². The van der Waals surface area contributed by atoms with Crippen molar-refractivity contribution in [1.82, 2.24) is 4.90 Å². The van der Waals surface area contributed by atoms with Gasteiger partial charge in [0.15, 0.2) is 9.84 Å². The fraction of sp³-hybridized carbons (Fsp3) is 0.316. The van der Waals surface area contributed by atoms with E-state index in [1.54, 1.807) is 48.3 Å². The number of sulfone groups is 1. The van der Waals surface area contributed by atoms with Crippen LogP contribution < -0.4 is 9.47 Å². The number of benzene rings is 2. The Morgan fingerprint density at radius 3 is 1.96 bits per heavy atom. The molecule has 1 atom stereocenters. The molecule has 0 aliphatic heterocycles. The summed E-state index contributed by atoms with van der Waals surface area (Å²) in [5.74, 6) is 0.784. The van der Waals surface area contributed by atoms with Crippen LogP contribution in [0.25, 0.3) is 0 Å². The van der Waals surface area contributed by atoms with Crippen LogP contribution in [0.1, 0.15) is 28.9 Å². The summed E-state index contributed by atoms with van der Waals surface area (Å²) in [5, 5.41) is 0. The summed E-state index contributed by atoms with van der Waals surface area (Å²) in [4.78, 5) is 14.8. The van der Waals surface area contributed by atoms with Gasteiger partial charge in [0.2, 0.25) is 0 Å². The van der Waals surface area contributed by atoms with Crippen LogP contribution in [-0.4, -0.2) is 46.7 Å². The molecule has 0 saturated carbocycles. The first-order chi connectivity index (χ1) is 12.6. The Bertz CT molecular complexity index is 916. The Morgan fingerprint density at radius 2 is 1.56 bits per heavy atom. The fourth-order valence-corrected chi connectivity index (χ4v) is 3.77. The smallest absolute Gasteiger partial charge is 0.254 e. The average molecular weight is 456 g/mol. The molecule has 0 N–H and O–H groups in total. The Morgan fingerprint density at radius 1 is 1.07 bits per heavy atom. The van der Waals surface area contributed by atoms with E-state index in [-0.39, 0.29) is 16.8 Å². The summed E-state index contributed by atoms with van der Waals surface area (Å²) in [5.41, 5.74) is 1.25. The van der Waals surface area contributed by atoms with Crippen molar-refractivity contribution in [1.29, 1.82) is 0 Å². The number of carbonyl (C=O) groups excluding carboxylic acids is 1. The number of nitrogens with zero attached hydrogens (tertiary/aromatic N) is 1. The Balaban J connectivity index is 2.31. The summed E-state index contributed by atoms with van der Waals surface area (Å²) in [6, 6.07) is 9.56. The van der Waals surface area contributed by atoms with Crippen LogP contribution in [0.5, 0.6) is 11.5 Å². The molecule has 0 heterocycles. The highest BCUT2D eigenvalue weighted by molar-refractivity contribution is 9.10. The summed E-state index contributed by atoms with van der Waals surface area (Å²) < 4.78 is 34.4. The van der Waals surface area contributed by atoms with Crippen LogP contribution in [0.3, 0.4) is 0 Å². The molecule has 1 unspecified atom stereocenters. The minimum atomic E-state index is -3.26. The zero-order chi connectivity index (χ0) is 20.4. The molecule has 2 aromatic rings. The molecule has 146 valence electrons. The summed E-state index contributed by atoms with van der Waals surface area (Å²) in [7, 11) is 1.47. The number of ether oxygens (including phenoxy) is 2. The van der Waals surface area contributed by atoms with E-state index in [1.807, 2.05) is 6.92 Å². The monoisotopic (exact) mass is 455 g/mol. The highest BCUT2D eigenvalue weighted by atomic mass is 79.9. The third-order valence-corrected chi connectivity index (χ3v) is 6.29. The molecule has 0 aliphatic rings. The van der Waals surface area contributed by atoms with Gasteiger partial charge in [-0.25, -0.2) is 8.42 Å². The number of rotatable bonds is 6. The van der Waals surface area contributed by atoms with Gasteiger partial charge in [-0.2, -0.15) is 0 Å². The molecular weight excluding hydrogens is 434 g/mol. The van der Waals surface area contributed by atoms with Crippen molar-refractivity contribution >= 4 is 31.7 Å². The SMILES string of the molecule is COc1cc(C(=O)N(C)C(C)c2ccc(S(C)(=O)=O)cc2)cc(OC)c1Br. The van der Waals surface area contributed by atoms with Crippen molar-refractivity contribution in [2.75, 3.05) is 27.5 Å². The third kappa shape index (κ3) is 4.62. The van der Waals surface area contributed by atoms with E-state index in [9.17, 15) is 13.2 Å². The standard InChI is InChI=1S/C19H22BrNO5S/c1-12(13-6-8-15(9-7-13)27(5,23)24)21(2)19(22)14-10-16(25-3)18(20)17(11-14)26-4/h6-12H,1-5H3. The van der Waals surface area contributed by atoms with E-state index in [2.05, 4.69) is 15.9 Å². The van der Waals surface area contributed by atoms with Gasteiger partial charge in [-0.1, -0.05) is 12.1 Å². The first-order valence-corrected chi connectivity index (χ1v) is 10.8. The maximum absolute atomic E-state index is 12.9. The van der Waals surface area contributed by atoms with Crippen molar-refractivity contribution in [2.24, 2.45) is 0 Å². The minimum Gasteiger partial charge on any atom is -0.495 e. The van der Waals surface area contributed by atoms with Gasteiger partial charge in [0.1, 0.15) is 16.0 Å². The Hall–Kier alpha value is -2.06. The van der Waals surface area contributed by atoms with Gasteiger partial charge >= 0.3 is 0 Å². The molecule has 27 heavy (non-hydrogen) atoms. The van der Waals surface area contributed by atoms with Crippen molar-refractivity contribution < 1.29 is 22.7 Å². The fourth-order valence-electron chi connectivity index (χ4n) is 2.59. The minimum absolute atomic E-state index is 0.209. The van der Waals surface area contributed by atoms with Crippen molar-refractivity contribution in [3.63, 3.8) is 0 Å². The lowest BCUT2D eigenvalue weighted by Gasteiger charge is -2.26. The van der Waals surface area contributed by atoms with E-state index in [1.165, 1.54) is 14.2 Å². The summed E-state index contributed by atoms with van der Waals surface area (Å²) in [6.45, 7) is 1.88. The zero-order valence-electron chi connectivity index (χ0n) is 15.8. The van der Waals surface area contributed by atoms with E-state index in [0.29, 0.717) is 21.5 Å². The highest BCUT2D eigenvalue weighted by Gasteiger charge is 2.22. The van der Waals surface area contributed by atoms with Gasteiger partial charge in [-0.15, -0.1) is 0 Å². The molecule has 8 heteroatoms. The maximum Gasteiger partial charge on any atom is 0.254 e. The molecule has 0 saturated heterocycles.